The van der Waals surface area contributed by atoms with Gasteiger partial charge < -0.3 is 5.32 Å². The van der Waals surface area contributed by atoms with Crippen molar-refractivity contribution in [2.45, 2.75) is 34.2 Å². The van der Waals surface area contributed by atoms with Gasteiger partial charge in [0.15, 0.2) is 0 Å². The van der Waals surface area contributed by atoms with Crippen LogP contribution in [-0.2, 0) is 16.1 Å². The fourth-order valence-corrected chi connectivity index (χ4v) is 3.93. The van der Waals surface area contributed by atoms with Gasteiger partial charge in [-0.1, -0.05) is 65.7 Å². The van der Waals surface area contributed by atoms with Crippen molar-refractivity contribution in [2.75, 3.05) is 5.32 Å². The Balaban J connectivity index is 1.79. The standard InChI is InChI=1S/C27H25ClN2O2/c1-16-8-11-20(12-9-16)15-30-26(31)24(21-13-10-17(2)18(3)14-21)25(27(30)32)29-23-7-5-6-22(28)19(23)4/h5-14,29H,15H2,1-4H3. The van der Waals surface area contributed by atoms with E-state index in [1.165, 1.54) is 4.90 Å². The number of halogens is 1. The van der Waals surface area contributed by atoms with Crippen LogP contribution < -0.4 is 5.32 Å². The third-order valence-corrected chi connectivity index (χ3v) is 6.36. The van der Waals surface area contributed by atoms with E-state index in [-0.39, 0.29) is 24.1 Å². The first-order valence-corrected chi connectivity index (χ1v) is 10.9. The highest BCUT2D eigenvalue weighted by Crippen LogP contribution is 2.34. The maximum atomic E-state index is 13.5. The molecule has 0 unspecified atom stereocenters. The first-order chi connectivity index (χ1) is 15.3. The number of carbonyl (C=O) groups is 2. The van der Waals surface area contributed by atoms with Gasteiger partial charge in [-0.05, 0) is 67.6 Å². The van der Waals surface area contributed by atoms with Crippen molar-refractivity contribution in [3.63, 3.8) is 0 Å². The number of hydrogen-bond acceptors (Lipinski definition) is 3. The molecule has 0 saturated carbocycles. The highest BCUT2D eigenvalue weighted by Gasteiger charge is 2.39. The quantitative estimate of drug-likeness (QED) is 0.493. The van der Waals surface area contributed by atoms with Crippen LogP contribution in [0.4, 0.5) is 5.69 Å². The molecule has 0 atom stereocenters. The van der Waals surface area contributed by atoms with Crippen LogP contribution in [0.5, 0.6) is 0 Å². The molecule has 32 heavy (non-hydrogen) atoms. The van der Waals surface area contributed by atoms with Crippen LogP contribution in [0.1, 0.15) is 33.4 Å². The molecule has 0 bridgehead atoms. The van der Waals surface area contributed by atoms with Crippen LogP contribution in [0.25, 0.3) is 5.57 Å². The largest absolute Gasteiger partial charge is 0.350 e. The van der Waals surface area contributed by atoms with Crippen LogP contribution >= 0.6 is 11.6 Å². The minimum absolute atomic E-state index is 0.214. The van der Waals surface area contributed by atoms with E-state index < -0.39 is 0 Å². The third-order valence-electron chi connectivity index (χ3n) is 5.95. The summed E-state index contributed by atoms with van der Waals surface area (Å²) < 4.78 is 0. The Morgan fingerprint density at radius 3 is 2.25 bits per heavy atom. The van der Waals surface area contributed by atoms with Crippen molar-refractivity contribution in [1.29, 1.82) is 0 Å². The lowest BCUT2D eigenvalue weighted by atomic mass is 9.99. The molecule has 0 spiro atoms. The predicted octanol–water partition coefficient (Wildman–Crippen LogP) is 5.97. The number of aryl methyl sites for hydroxylation is 3. The van der Waals surface area contributed by atoms with Crippen molar-refractivity contribution in [2.24, 2.45) is 0 Å². The Kier molecular flexibility index (Phi) is 5.90. The molecule has 0 fully saturated rings. The highest BCUT2D eigenvalue weighted by atomic mass is 35.5. The van der Waals surface area contributed by atoms with E-state index in [9.17, 15) is 9.59 Å². The third kappa shape index (κ3) is 4.06. The van der Waals surface area contributed by atoms with Gasteiger partial charge in [0.25, 0.3) is 11.8 Å². The maximum absolute atomic E-state index is 13.5. The SMILES string of the molecule is Cc1ccc(CN2C(=O)C(Nc3cccc(Cl)c3C)=C(c3ccc(C)c(C)c3)C2=O)cc1. The van der Waals surface area contributed by atoms with Crippen molar-refractivity contribution >= 4 is 34.7 Å². The Morgan fingerprint density at radius 1 is 0.844 bits per heavy atom. The summed E-state index contributed by atoms with van der Waals surface area (Å²) in [5.41, 5.74) is 7.11. The molecular weight excluding hydrogens is 420 g/mol. The monoisotopic (exact) mass is 444 g/mol. The minimum Gasteiger partial charge on any atom is -0.350 e. The summed E-state index contributed by atoms with van der Waals surface area (Å²) >= 11 is 6.29. The van der Waals surface area contributed by atoms with Crippen molar-refractivity contribution in [3.05, 3.63) is 105 Å². The molecule has 2 amide bonds. The number of amides is 2. The summed E-state index contributed by atoms with van der Waals surface area (Å²) in [4.78, 5) is 28.3. The van der Waals surface area contributed by atoms with Crippen molar-refractivity contribution in [1.82, 2.24) is 4.90 Å². The lowest BCUT2D eigenvalue weighted by Crippen LogP contribution is -2.32. The summed E-state index contributed by atoms with van der Waals surface area (Å²) in [7, 11) is 0. The molecule has 0 aromatic heterocycles. The first-order valence-electron chi connectivity index (χ1n) is 10.5. The van der Waals surface area contributed by atoms with E-state index in [1.807, 2.05) is 82.3 Å². The summed E-state index contributed by atoms with van der Waals surface area (Å²) in [6.07, 6.45) is 0. The summed E-state index contributed by atoms with van der Waals surface area (Å²) in [6, 6.07) is 19.1. The molecule has 5 heteroatoms. The van der Waals surface area contributed by atoms with E-state index in [2.05, 4.69) is 5.32 Å². The fraction of sp³-hybridized carbons (Fsp3) is 0.185. The zero-order valence-corrected chi connectivity index (χ0v) is 19.4. The minimum atomic E-state index is -0.344. The molecule has 3 aromatic rings. The van der Waals surface area contributed by atoms with Gasteiger partial charge in [0, 0.05) is 10.7 Å². The smallest absolute Gasteiger partial charge is 0.278 e. The second-order valence-electron chi connectivity index (χ2n) is 8.27. The van der Waals surface area contributed by atoms with Gasteiger partial charge in [0.1, 0.15) is 5.70 Å². The van der Waals surface area contributed by atoms with Gasteiger partial charge in [-0.2, -0.15) is 0 Å². The molecule has 162 valence electrons. The van der Waals surface area contributed by atoms with Crippen molar-refractivity contribution < 1.29 is 9.59 Å². The molecule has 0 aliphatic carbocycles. The molecule has 1 aliphatic heterocycles. The number of carbonyl (C=O) groups excluding carboxylic acids is 2. The van der Waals surface area contributed by atoms with E-state index in [0.29, 0.717) is 16.3 Å². The molecular formula is C27H25ClN2O2. The predicted molar refractivity (Wildman–Crippen MR) is 129 cm³/mol. The molecule has 3 aromatic carbocycles. The van der Waals surface area contributed by atoms with Crippen LogP contribution in [-0.4, -0.2) is 16.7 Å². The van der Waals surface area contributed by atoms with Crippen molar-refractivity contribution in [3.8, 4) is 0 Å². The van der Waals surface area contributed by atoms with Crippen LogP contribution in [0.2, 0.25) is 5.02 Å². The van der Waals surface area contributed by atoms with Crippen LogP contribution in [0, 0.1) is 27.7 Å². The average Bonchev–Trinajstić information content (AvgIpc) is 2.99. The Hall–Kier alpha value is -3.37. The van der Waals surface area contributed by atoms with Gasteiger partial charge in [-0.3, -0.25) is 14.5 Å². The van der Waals surface area contributed by atoms with Gasteiger partial charge in [0.05, 0.1) is 12.1 Å². The molecule has 1 aliphatic rings. The Morgan fingerprint density at radius 2 is 1.56 bits per heavy atom. The lowest BCUT2D eigenvalue weighted by Gasteiger charge is -2.16. The number of hydrogen-bond donors (Lipinski definition) is 1. The Bertz CT molecular complexity index is 1260. The van der Waals surface area contributed by atoms with Gasteiger partial charge in [0.2, 0.25) is 0 Å². The molecule has 4 nitrogen and oxygen atoms in total. The van der Waals surface area contributed by atoms with E-state index in [0.717, 1.165) is 33.4 Å². The van der Waals surface area contributed by atoms with Crippen LogP contribution in [0.15, 0.2) is 66.4 Å². The molecule has 1 N–H and O–H groups in total. The number of benzene rings is 3. The molecule has 0 saturated heterocycles. The zero-order chi connectivity index (χ0) is 23.0. The molecule has 1 heterocycles. The van der Waals surface area contributed by atoms with Gasteiger partial charge in [-0.15, -0.1) is 0 Å². The zero-order valence-electron chi connectivity index (χ0n) is 18.6. The van der Waals surface area contributed by atoms with E-state index in [4.69, 9.17) is 11.6 Å². The Labute approximate surface area is 193 Å². The van der Waals surface area contributed by atoms with Gasteiger partial charge >= 0.3 is 0 Å². The molecule has 0 radical (unpaired) electrons. The summed E-state index contributed by atoms with van der Waals surface area (Å²) in [5.74, 6) is -0.649. The first kappa shape index (κ1) is 21.8. The lowest BCUT2D eigenvalue weighted by molar-refractivity contribution is -0.137. The van der Waals surface area contributed by atoms with E-state index in [1.54, 1.807) is 6.07 Å². The number of anilines is 1. The van der Waals surface area contributed by atoms with Gasteiger partial charge in [-0.25, -0.2) is 0 Å². The average molecular weight is 445 g/mol. The number of rotatable bonds is 5. The summed E-state index contributed by atoms with van der Waals surface area (Å²) in [5, 5.41) is 3.81. The summed E-state index contributed by atoms with van der Waals surface area (Å²) in [6.45, 7) is 8.12. The van der Waals surface area contributed by atoms with E-state index >= 15 is 0 Å². The normalized spacial score (nSPS) is 13.8. The number of nitrogens with one attached hydrogen (secondary N) is 1. The second kappa shape index (κ2) is 8.64. The number of imide groups is 1. The van der Waals surface area contributed by atoms with Crippen LogP contribution in [0.3, 0.4) is 0 Å². The second-order valence-corrected chi connectivity index (χ2v) is 8.68. The fourth-order valence-electron chi connectivity index (χ4n) is 3.75. The topological polar surface area (TPSA) is 49.4 Å². The highest BCUT2D eigenvalue weighted by molar-refractivity contribution is 6.36. The number of nitrogens with zero attached hydrogens (tertiary/aromatic N) is 1. The maximum Gasteiger partial charge on any atom is 0.278 e. The molecule has 4 rings (SSSR count).